The molecule has 0 aliphatic rings. The molecular weight excluding hydrogens is 320 g/mol. The number of fused-ring (bicyclic) bond motifs is 1. The fourth-order valence-corrected chi connectivity index (χ4v) is 2.52. The maximum Gasteiger partial charge on any atom is 0.142 e. The molecule has 3 aromatic rings. The van der Waals surface area contributed by atoms with Crippen LogP contribution in [0.5, 0.6) is 11.5 Å². The van der Waals surface area contributed by atoms with Crippen molar-refractivity contribution in [2.24, 2.45) is 0 Å². The Morgan fingerprint density at radius 2 is 2.00 bits per heavy atom. The molecule has 0 amide bonds. The van der Waals surface area contributed by atoms with Gasteiger partial charge in [-0.05, 0) is 37.3 Å². The highest BCUT2D eigenvalue weighted by Crippen LogP contribution is 2.33. The number of hydrogen-bond acceptors (Lipinski definition) is 6. The number of ether oxygens (including phenoxy) is 2. The van der Waals surface area contributed by atoms with E-state index in [-0.39, 0.29) is 11.3 Å². The third-order valence-corrected chi connectivity index (χ3v) is 3.84. The van der Waals surface area contributed by atoms with Gasteiger partial charge in [0.15, 0.2) is 0 Å². The molecular formula is C18H18N4O3. The number of methoxy groups -OCH3 is 1. The van der Waals surface area contributed by atoms with Crippen molar-refractivity contribution in [2.75, 3.05) is 25.6 Å². The Labute approximate surface area is 145 Å². The van der Waals surface area contributed by atoms with E-state index < -0.39 is 0 Å². The number of nitrogens with zero attached hydrogens (tertiary/aromatic N) is 3. The topological polar surface area (TPSA) is 91.8 Å². The van der Waals surface area contributed by atoms with Gasteiger partial charge in [0, 0.05) is 18.4 Å². The zero-order chi connectivity index (χ0) is 17.8. The molecule has 2 N–H and O–H groups in total. The molecule has 7 nitrogen and oxygen atoms in total. The van der Waals surface area contributed by atoms with Gasteiger partial charge in [-0.1, -0.05) is 0 Å². The first kappa shape index (κ1) is 16.6. The van der Waals surface area contributed by atoms with E-state index in [1.807, 2.05) is 30.3 Å². The standard InChI is InChI=1S/C18H18N4O3/c1-12-17(23)15(11-19)16-7-8-20-22(16)18(12)21-13-3-5-14(6-4-13)25-10-9-24-2/h3-8,21,23H,9-10H2,1-2H3. The van der Waals surface area contributed by atoms with Crippen molar-refractivity contribution in [3.8, 4) is 17.6 Å². The lowest BCUT2D eigenvalue weighted by Gasteiger charge is -2.15. The van der Waals surface area contributed by atoms with Crippen molar-refractivity contribution >= 4 is 17.0 Å². The molecule has 0 aliphatic heterocycles. The van der Waals surface area contributed by atoms with Crippen molar-refractivity contribution in [3.05, 3.63) is 47.7 Å². The van der Waals surface area contributed by atoms with Crippen LogP contribution in [0.3, 0.4) is 0 Å². The number of rotatable bonds is 6. The molecule has 3 rings (SSSR count). The summed E-state index contributed by atoms with van der Waals surface area (Å²) >= 11 is 0. The molecule has 1 aromatic carbocycles. The Morgan fingerprint density at radius 3 is 2.68 bits per heavy atom. The van der Waals surface area contributed by atoms with Gasteiger partial charge < -0.3 is 19.9 Å². The Bertz CT molecular complexity index is 926. The minimum Gasteiger partial charge on any atom is -0.506 e. The maximum atomic E-state index is 10.3. The molecule has 0 atom stereocenters. The average Bonchev–Trinajstić information content (AvgIpc) is 3.10. The van der Waals surface area contributed by atoms with Gasteiger partial charge in [0.1, 0.15) is 35.6 Å². The fraction of sp³-hybridized carbons (Fsp3) is 0.222. The molecule has 2 aromatic heterocycles. The average molecular weight is 338 g/mol. The highest BCUT2D eigenvalue weighted by Gasteiger charge is 2.17. The van der Waals surface area contributed by atoms with E-state index in [2.05, 4.69) is 10.4 Å². The van der Waals surface area contributed by atoms with Crippen molar-refractivity contribution in [3.63, 3.8) is 0 Å². The normalized spacial score (nSPS) is 10.6. The van der Waals surface area contributed by atoms with Crippen LogP contribution >= 0.6 is 0 Å². The Balaban J connectivity index is 1.90. The number of nitrogens with one attached hydrogen (secondary N) is 1. The molecule has 0 bridgehead atoms. The second-order valence-corrected chi connectivity index (χ2v) is 5.43. The van der Waals surface area contributed by atoms with Crippen LogP contribution in [0.1, 0.15) is 11.1 Å². The Morgan fingerprint density at radius 1 is 1.24 bits per heavy atom. The molecule has 128 valence electrons. The van der Waals surface area contributed by atoms with Gasteiger partial charge >= 0.3 is 0 Å². The molecule has 0 aliphatic carbocycles. The van der Waals surface area contributed by atoms with Crippen molar-refractivity contribution in [2.45, 2.75) is 6.92 Å². The van der Waals surface area contributed by atoms with Crippen molar-refractivity contribution < 1.29 is 14.6 Å². The van der Waals surface area contributed by atoms with Crippen LogP contribution in [-0.2, 0) is 4.74 Å². The summed E-state index contributed by atoms with van der Waals surface area (Å²) in [6, 6.07) is 11.1. The lowest BCUT2D eigenvalue weighted by atomic mass is 10.1. The predicted octanol–water partition coefficient (Wildman–Crippen LogP) is 2.99. The van der Waals surface area contributed by atoms with Crippen LogP contribution in [0, 0.1) is 18.3 Å². The zero-order valence-corrected chi connectivity index (χ0v) is 14.0. The summed E-state index contributed by atoms with van der Waals surface area (Å²) in [5, 5.41) is 27.1. The van der Waals surface area contributed by atoms with Gasteiger partial charge in [-0.15, -0.1) is 0 Å². The predicted molar refractivity (Wildman–Crippen MR) is 93.4 cm³/mol. The summed E-state index contributed by atoms with van der Waals surface area (Å²) in [7, 11) is 1.63. The van der Waals surface area contributed by atoms with E-state index in [9.17, 15) is 10.4 Å². The molecule has 0 fully saturated rings. The van der Waals surface area contributed by atoms with E-state index in [1.54, 1.807) is 30.8 Å². The second kappa shape index (κ2) is 7.11. The summed E-state index contributed by atoms with van der Waals surface area (Å²) in [5.74, 6) is 1.30. The van der Waals surface area contributed by atoms with Crippen LogP contribution in [-0.4, -0.2) is 35.0 Å². The second-order valence-electron chi connectivity index (χ2n) is 5.43. The number of hydrogen-bond donors (Lipinski definition) is 2. The highest BCUT2D eigenvalue weighted by molar-refractivity contribution is 5.75. The maximum absolute atomic E-state index is 10.3. The number of benzene rings is 1. The minimum absolute atomic E-state index is 0.0440. The first-order valence-corrected chi connectivity index (χ1v) is 7.74. The molecule has 25 heavy (non-hydrogen) atoms. The first-order chi connectivity index (χ1) is 12.2. The zero-order valence-electron chi connectivity index (χ0n) is 14.0. The van der Waals surface area contributed by atoms with E-state index in [0.29, 0.717) is 30.1 Å². The van der Waals surface area contributed by atoms with Crippen LogP contribution in [0.25, 0.3) is 5.52 Å². The number of pyridine rings is 1. The van der Waals surface area contributed by atoms with Crippen molar-refractivity contribution in [1.82, 2.24) is 9.61 Å². The van der Waals surface area contributed by atoms with Crippen LogP contribution in [0.15, 0.2) is 36.5 Å². The highest BCUT2D eigenvalue weighted by atomic mass is 16.5. The summed E-state index contributed by atoms with van der Waals surface area (Å²) in [5.41, 5.74) is 2.12. The van der Waals surface area contributed by atoms with Crippen LogP contribution < -0.4 is 10.1 Å². The van der Waals surface area contributed by atoms with E-state index in [4.69, 9.17) is 9.47 Å². The summed E-state index contributed by atoms with van der Waals surface area (Å²) in [6.45, 7) is 2.75. The molecule has 0 saturated carbocycles. The number of anilines is 2. The number of aromatic hydroxyl groups is 1. The summed E-state index contributed by atoms with van der Waals surface area (Å²) in [6.07, 6.45) is 1.59. The van der Waals surface area contributed by atoms with Gasteiger partial charge in [-0.25, -0.2) is 4.52 Å². The van der Waals surface area contributed by atoms with Crippen LogP contribution in [0.4, 0.5) is 11.5 Å². The van der Waals surface area contributed by atoms with E-state index >= 15 is 0 Å². The Hall–Kier alpha value is -3.24. The molecule has 0 spiro atoms. The quantitative estimate of drug-likeness (QED) is 0.671. The van der Waals surface area contributed by atoms with Crippen molar-refractivity contribution in [1.29, 1.82) is 5.26 Å². The first-order valence-electron chi connectivity index (χ1n) is 7.74. The van der Waals surface area contributed by atoms with Crippen LogP contribution in [0.2, 0.25) is 0 Å². The molecule has 0 saturated heterocycles. The minimum atomic E-state index is -0.0440. The third-order valence-electron chi connectivity index (χ3n) is 3.84. The van der Waals surface area contributed by atoms with E-state index in [1.165, 1.54) is 0 Å². The fourth-order valence-electron chi connectivity index (χ4n) is 2.52. The van der Waals surface area contributed by atoms with Gasteiger partial charge in [0.2, 0.25) is 0 Å². The molecule has 7 heteroatoms. The van der Waals surface area contributed by atoms with Gasteiger partial charge in [0.05, 0.1) is 18.3 Å². The molecule has 2 heterocycles. The summed E-state index contributed by atoms with van der Waals surface area (Å²) in [4.78, 5) is 0. The van der Waals surface area contributed by atoms with Gasteiger partial charge in [0.25, 0.3) is 0 Å². The van der Waals surface area contributed by atoms with Gasteiger partial charge in [-0.2, -0.15) is 10.4 Å². The smallest absolute Gasteiger partial charge is 0.142 e. The monoisotopic (exact) mass is 338 g/mol. The third kappa shape index (κ3) is 3.20. The number of nitriles is 1. The lowest BCUT2D eigenvalue weighted by molar-refractivity contribution is 0.146. The number of aromatic nitrogens is 2. The van der Waals surface area contributed by atoms with E-state index in [0.717, 1.165) is 11.4 Å². The molecule has 0 unspecified atom stereocenters. The van der Waals surface area contributed by atoms with Gasteiger partial charge in [-0.3, -0.25) is 0 Å². The summed E-state index contributed by atoms with van der Waals surface area (Å²) < 4.78 is 12.1. The Kier molecular flexibility index (Phi) is 4.73. The molecule has 0 radical (unpaired) electrons. The largest absolute Gasteiger partial charge is 0.506 e. The SMILES string of the molecule is COCCOc1ccc(Nc2c(C)c(O)c(C#N)c3ccnn23)cc1. The lowest BCUT2D eigenvalue weighted by Crippen LogP contribution is -2.05.